The van der Waals surface area contributed by atoms with Gasteiger partial charge in [-0.15, -0.1) is 0 Å². The average Bonchev–Trinajstić information content (AvgIpc) is 2.70. The average molecular weight is 503 g/mol. The van der Waals surface area contributed by atoms with E-state index < -0.39 is 15.8 Å². The Morgan fingerprint density at radius 1 is 1.09 bits per heavy atom. The molecule has 0 radical (unpaired) electrons. The maximum atomic E-state index is 12.7. The molecule has 0 aliphatic carbocycles. The molecule has 0 atom stereocenters. The number of aromatic hydroxyl groups is 1. The maximum absolute atomic E-state index is 12.7. The van der Waals surface area contributed by atoms with Crippen molar-refractivity contribution in [2.24, 2.45) is 0 Å². The number of sulfone groups is 1. The maximum Gasteiger partial charge on any atom is 0.307 e. The van der Waals surface area contributed by atoms with E-state index in [9.17, 15) is 23.1 Å². The molecule has 174 valence electrons. The largest absolute Gasteiger partial charge is 0.507 e. The Kier molecular flexibility index (Phi) is 8.95. The van der Waals surface area contributed by atoms with Crippen molar-refractivity contribution in [2.75, 3.05) is 12.4 Å². The smallest absolute Gasteiger partial charge is 0.307 e. The van der Waals surface area contributed by atoms with Gasteiger partial charge < -0.3 is 14.9 Å². The Hall–Kier alpha value is -2.29. The van der Waals surface area contributed by atoms with Crippen molar-refractivity contribution in [1.82, 2.24) is 0 Å². The van der Waals surface area contributed by atoms with Crippen LogP contribution in [0, 0.1) is 0 Å². The van der Waals surface area contributed by atoms with Crippen molar-refractivity contribution in [1.29, 1.82) is 0 Å². The minimum absolute atomic E-state index is 0.0528. The molecule has 2 aromatic rings. The van der Waals surface area contributed by atoms with Gasteiger partial charge in [0.15, 0.2) is 15.6 Å². The first-order valence-corrected chi connectivity index (χ1v) is 12.3. The van der Waals surface area contributed by atoms with Crippen LogP contribution in [0.15, 0.2) is 29.2 Å². The molecule has 2 rings (SSSR count). The standard InChI is InChI=1S/C22H24Cl2O7S/c1-3-5-16-17(8-7-15(13(2)25)22(16)28)31-10-4-11-32(29,30)18-9-6-14(12-19(26)27)20(23)21(18)24/h6-9,28H,3-5,10-12H2,1-2H3,(H,26,27). The summed E-state index contributed by atoms with van der Waals surface area (Å²) in [7, 11) is -3.80. The predicted octanol–water partition coefficient (Wildman–Crippen LogP) is 4.72. The first kappa shape index (κ1) is 26.0. The lowest BCUT2D eigenvalue weighted by Gasteiger charge is -2.15. The zero-order chi connectivity index (χ0) is 24.1. The number of halogens is 2. The van der Waals surface area contributed by atoms with Crippen LogP contribution in [-0.4, -0.2) is 42.7 Å². The number of carboxylic acids is 1. The molecule has 0 bridgehead atoms. The molecule has 0 fully saturated rings. The van der Waals surface area contributed by atoms with Gasteiger partial charge in [-0.2, -0.15) is 0 Å². The van der Waals surface area contributed by atoms with E-state index in [0.29, 0.717) is 17.7 Å². The lowest BCUT2D eigenvalue weighted by atomic mass is 10.0. The van der Waals surface area contributed by atoms with Gasteiger partial charge in [0.25, 0.3) is 0 Å². The third-order valence-corrected chi connectivity index (χ3v) is 7.61. The monoisotopic (exact) mass is 502 g/mol. The van der Waals surface area contributed by atoms with E-state index in [1.165, 1.54) is 25.1 Å². The van der Waals surface area contributed by atoms with E-state index in [1.54, 1.807) is 6.07 Å². The fourth-order valence-corrected chi connectivity index (χ4v) is 5.37. The molecule has 0 saturated heterocycles. The highest BCUT2D eigenvalue weighted by molar-refractivity contribution is 7.91. The van der Waals surface area contributed by atoms with Crippen LogP contribution >= 0.6 is 23.2 Å². The molecule has 0 aliphatic rings. The van der Waals surface area contributed by atoms with E-state index in [-0.39, 0.29) is 62.8 Å². The van der Waals surface area contributed by atoms with Gasteiger partial charge in [-0.3, -0.25) is 9.59 Å². The third kappa shape index (κ3) is 6.15. The first-order valence-electron chi connectivity index (χ1n) is 9.89. The molecular weight excluding hydrogens is 479 g/mol. The summed E-state index contributed by atoms with van der Waals surface area (Å²) in [5, 5.41) is 19.0. The molecule has 0 unspecified atom stereocenters. The van der Waals surface area contributed by atoms with Crippen LogP contribution in [0.25, 0.3) is 0 Å². The molecule has 10 heteroatoms. The van der Waals surface area contributed by atoms with Crippen molar-refractivity contribution >= 4 is 44.8 Å². The number of Topliss-reactive ketones (excluding diaryl/α,β-unsaturated/α-hetero) is 1. The number of hydrogen-bond acceptors (Lipinski definition) is 6. The van der Waals surface area contributed by atoms with Crippen LogP contribution in [0.5, 0.6) is 11.5 Å². The number of ether oxygens (including phenoxy) is 1. The van der Waals surface area contributed by atoms with E-state index in [0.717, 1.165) is 6.42 Å². The fourth-order valence-electron chi connectivity index (χ4n) is 3.18. The molecule has 0 aromatic heterocycles. The van der Waals surface area contributed by atoms with E-state index >= 15 is 0 Å². The van der Waals surface area contributed by atoms with Gasteiger partial charge in [0.2, 0.25) is 0 Å². The summed E-state index contributed by atoms with van der Waals surface area (Å²) in [6.45, 7) is 3.34. The summed E-state index contributed by atoms with van der Waals surface area (Å²) in [6.07, 6.45) is 0.976. The van der Waals surface area contributed by atoms with Crippen LogP contribution in [0.1, 0.15) is 48.2 Å². The van der Waals surface area contributed by atoms with Gasteiger partial charge in [-0.05, 0) is 43.5 Å². The van der Waals surface area contributed by atoms with Gasteiger partial charge in [0.05, 0.1) is 39.3 Å². The number of hydrogen-bond donors (Lipinski definition) is 2. The highest BCUT2D eigenvalue weighted by Crippen LogP contribution is 2.34. The number of rotatable bonds is 11. The Morgan fingerprint density at radius 2 is 1.78 bits per heavy atom. The summed E-state index contributed by atoms with van der Waals surface area (Å²) in [6, 6.07) is 5.65. The number of phenolic OH excluding ortho intramolecular Hbond substituents is 1. The SMILES string of the molecule is CCCc1c(OCCCS(=O)(=O)c2ccc(CC(=O)O)c(Cl)c2Cl)ccc(C(C)=O)c1O. The van der Waals surface area contributed by atoms with E-state index in [1.807, 2.05) is 6.92 Å². The number of aliphatic carboxylic acids is 1. The minimum atomic E-state index is -3.80. The number of carbonyl (C=O) groups excluding carboxylic acids is 1. The highest BCUT2D eigenvalue weighted by atomic mass is 35.5. The van der Waals surface area contributed by atoms with Gasteiger partial charge >= 0.3 is 5.97 Å². The molecular formula is C22H24Cl2O7S. The molecule has 0 spiro atoms. The zero-order valence-electron chi connectivity index (χ0n) is 17.7. The molecule has 32 heavy (non-hydrogen) atoms. The number of carbonyl (C=O) groups is 2. The van der Waals surface area contributed by atoms with Crippen LogP contribution in [0.4, 0.5) is 0 Å². The summed E-state index contributed by atoms with van der Waals surface area (Å²) < 4.78 is 31.1. The van der Waals surface area contributed by atoms with Crippen LogP contribution in [0.3, 0.4) is 0 Å². The molecule has 0 saturated carbocycles. The van der Waals surface area contributed by atoms with Crippen molar-refractivity contribution < 1.29 is 33.0 Å². The molecule has 2 aromatic carbocycles. The summed E-state index contributed by atoms with van der Waals surface area (Å²) in [5.41, 5.74) is 0.942. The lowest BCUT2D eigenvalue weighted by molar-refractivity contribution is -0.136. The molecule has 0 aliphatic heterocycles. The second-order valence-electron chi connectivity index (χ2n) is 7.19. The van der Waals surface area contributed by atoms with Crippen molar-refractivity contribution in [3.8, 4) is 11.5 Å². The van der Waals surface area contributed by atoms with Gasteiger partial charge in [0, 0.05) is 5.56 Å². The van der Waals surface area contributed by atoms with Crippen LogP contribution in [0.2, 0.25) is 10.0 Å². The highest BCUT2D eigenvalue weighted by Gasteiger charge is 2.22. The summed E-state index contributed by atoms with van der Waals surface area (Å²) >= 11 is 12.2. The molecule has 0 heterocycles. The topological polar surface area (TPSA) is 118 Å². The molecule has 7 nitrogen and oxygen atoms in total. The lowest BCUT2D eigenvalue weighted by Crippen LogP contribution is -2.12. The number of ketones is 1. The summed E-state index contributed by atoms with van der Waals surface area (Å²) in [4.78, 5) is 22.4. The molecule has 2 N–H and O–H groups in total. The normalized spacial score (nSPS) is 11.4. The minimum Gasteiger partial charge on any atom is -0.507 e. The number of carboxylic acid groups (broad SMARTS) is 1. The van der Waals surface area contributed by atoms with Gasteiger partial charge in [-0.1, -0.05) is 42.6 Å². The summed E-state index contributed by atoms with van der Waals surface area (Å²) in [5.74, 6) is -1.37. The van der Waals surface area contributed by atoms with Crippen LogP contribution in [-0.2, 0) is 27.5 Å². The second kappa shape index (κ2) is 11.0. The number of benzene rings is 2. The van der Waals surface area contributed by atoms with Crippen molar-refractivity contribution in [3.05, 3.63) is 51.0 Å². The Bertz CT molecular complexity index is 1130. The van der Waals surface area contributed by atoms with Crippen molar-refractivity contribution in [2.45, 2.75) is 44.4 Å². The number of phenols is 1. The quantitative estimate of drug-likeness (QED) is 0.336. The first-order chi connectivity index (χ1) is 15.0. The fraction of sp³-hybridized carbons (Fsp3) is 0.364. The Morgan fingerprint density at radius 3 is 2.38 bits per heavy atom. The van der Waals surface area contributed by atoms with E-state index in [4.69, 9.17) is 33.0 Å². The van der Waals surface area contributed by atoms with Crippen LogP contribution < -0.4 is 4.74 Å². The zero-order valence-corrected chi connectivity index (χ0v) is 20.0. The van der Waals surface area contributed by atoms with E-state index in [2.05, 4.69) is 0 Å². The van der Waals surface area contributed by atoms with Gasteiger partial charge in [-0.25, -0.2) is 8.42 Å². The second-order valence-corrected chi connectivity index (χ2v) is 10.0. The predicted molar refractivity (Wildman–Crippen MR) is 122 cm³/mol. The van der Waals surface area contributed by atoms with Crippen molar-refractivity contribution in [3.63, 3.8) is 0 Å². The van der Waals surface area contributed by atoms with Gasteiger partial charge in [0.1, 0.15) is 11.5 Å². The Labute approximate surface area is 196 Å². The Balaban J connectivity index is 2.11. The third-order valence-electron chi connectivity index (χ3n) is 4.74. The molecule has 0 amide bonds.